The number of hydrogen-bond acceptors (Lipinski definition) is 4. The zero-order valence-electron chi connectivity index (χ0n) is 8.28. The number of hydrogen-bond donors (Lipinski definition) is 2. The Balaban J connectivity index is 2.78. The average molecular weight is 214 g/mol. The van der Waals surface area contributed by atoms with Crippen LogP contribution in [-0.4, -0.2) is 23.1 Å². The molecule has 2 N–H and O–H groups in total. The molecule has 1 aromatic rings. The van der Waals surface area contributed by atoms with Crippen LogP contribution in [-0.2, 0) is 11.2 Å². The van der Waals surface area contributed by atoms with Gasteiger partial charge in [-0.25, -0.2) is 4.98 Å². The largest absolute Gasteiger partial charge is 0.480 e. The standard InChI is InChI=1S/C9H14N2O2S/c1-3-4-7-11-6(5-14-7)8(10-2)9(12)13/h5,8,10H,3-4H2,1-2H3,(H,12,13). The van der Waals surface area contributed by atoms with Gasteiger partial charge >= 0.3 is 5.97 Å². The fourth-order valence-electron chi connectivity index (χ4n) is 1.18. The second-order valence-corrected chi connectivity index (χ2v) is 3.92. The second kappa shape index (κ2) is 5.07. The Morgan fingerprint density at radius 3 is 3.00 bits per heavy atom. The van der Waals surface area contributed by atoms with Gasteiger partial charge in [0, 0.05) is 5.38 Å². The van der Waals surface area contributed by atoms with Crippen LogP contribution in [0.1, 0.15) is 30.1 Å². The molecule has 4 nitrogen and oxygen atoms in total. The summed E-state index contributed by atoms with van der Waals surface area (Å²) in [7, 11) is 1.62. The van der Waals surface area contributed by atoms with Crippen LogP contribution in [0.3, 0.4) is 0 Å². The number of aliphatic carboxylic acids is 1. The Hall–Kier alpha value is -0.940. The number of aromatic nitrogens is 1. The van der Waals surface area contributed by atoms with Crippen molar-refractivity contribution in [2.75, 3.05) is 7.05 Å². The van der Waals surface area contributed by atoms with E-state index in [1.807, 2.05) is 0 Å². The minimum Gasteiger partial charge on any atom is -0.480 e. The molecule has 1 aromatic heterocycles. The molecule has 0 aliphatic heterocycles. The lowest BCUT2D eigenvalue weighted by atomic mass is 10.2. The molecule has 1 rings (SSSR count). The number of carbonyl (C=O) groups is 1. The number of carboxylic acid groups (broad SMARTS) is 1. The minimum absolute atomic E-state index is 0.605. The van der Waals surface area contributed by atoms with E-state index in [-0.39, 0.29) is 0 Å². The Morgan fingerprint density at radius 2 is 2.50 bits per heavy atom. The van der Waals surface area contributed by atoms with Gasteiger partial charge in [0.2, 0.25) is 0 Å². The van der Waals surface area contributed by atoms with Gasteiger partial charge in [0.15, 0.2) is 0 Å². The smallest absolute Gasteiger partial charge is 0.327 e. The summed E-state index contributed by atoms with van der Waals surface area (Å²) >= 11 is 1.52. The predicted molar refractivity (Wildman–Crippen MR) is 55.5 cm³/mol. The van der Waals surface area contributed by atoms with Crippen molar-refractivity contribution in [3.63, 3.8) is 0 Å². The van der Waals surface area contributed by atoms with E-state index >= 15 is 0 Å². The van der Waals surface area contributed by atoms with Gasteiger partial charge in [0.25, 0.3) is 0 Å². The lowest BCUT2D eigenvalue weighted by molar-refractivity contribution is -0.139. The molecule has 0 fully saturated rings. The van der Waals surface area contributed by atoms with Crippen molar-refractivity contribution in [3.8, 4) is 0 Å². The van der Waals surface area contributed by atoms with Crippen molar-refractivity contribution < 1.29 is 9.90 Å². The van der Waals surface area contributed by atoms with Gasteiger partial charge in [-0.05, 0) is 19.9 Å². The summed E-state index contributed by atoms with van der Waals surface area (Å²) in [6.07, 6.45) is 1.95. The summed E-state index contributed by atoms with van der Waals surface area (Å²) < 4.78 is 0. The lowest BCUT2D eigenvalue weighted by Crippen LogP contribution is -2.25. The first-order valence-corrected chi connectivity index (χ1v) is 5.41. The maximum Gasteiger partial charge on any atom is 0.327 e. The van der Waals surface area contributed by atoms with E-state index in [2.05, 4.69) is 17.2 Å². The highest BCUT2D eigenvalue weighted by molar-refractivity contribution is 7.09. The molecule has 0 radical (unpaired) electrons. The molecule has 0 saturated carbocycles. The predicted octanol–water partition coefficient (Wildman–Crippen LogP) is 1.44. The third-order valence-electron chi connectivity index (χ3n) is 1.86. The Kier molecular flexibility index (Phi) is 4.03. The van der Waals surface area contributed by atoms with Crippen molar-refractivity contribution in [2.45, 2.75) is 25.8 Å². The van der Waals surface area contributed by atoms with E-state index in [0.29, 0.717) is 5.69 Å². The molecule has 0 saturated heterocycles. The van der Waals surface area contributed by atoms with E-state index in [1.54, 1.807) is 12.4 Å². The van der Waals surface area contributed by atoms with Crippen LogP contribution < -0.4 is 5.32 Å². The third kappa shape index (κ3) is 2.52. The summed E-state index contributed by atoms with van der Waals surface area (Å²) in [6, 6.07) is -0.683. The van der Waals surface area contributed by atoms with Crippen molar-refractivity contribution in [2.24, 2.45) is 0 Å². The van der Waals surface area contributed by atoms with Crippen LogP contribution in [0.2, 0.25) is 0 Å². The molecule has 0 aliphatic carbocycles. The van der Waals surface area contributed by atoms with E-state index in [1.165, 1.54) is 11.3 Å². The highest BCUT2D eigenvalue weighted by Gasteiger charge is 2.20. The summed E-state index contributed by atoms with van der Waals surface area (Å²) in [4.78, 5) is 15.1. The topological polar surface area (TPSA) is 62.2 Å². The first-order chi connectivity index (χ1) is 6.69. The number of nitrogens with zero attached hydrogens (tertiary/aromatic N) is 1. The molecule has 1 heterocycles. The Bertz CT molecular complexity index is 312. The van der Waals surface area contributed by atoms with E-state index < -0.39 is 12.0 Å². The molecule has 0 aliphatic rings. The van der Waals surface area contributed by atoms with Gasteiger partial charge < -0.3 is 10.4 Å². The van der Waals surface area contributed by atoms with Gasteiger partial charge in [-0.15, -0.1) is 11.3 Å². The van der Waals surface area contributed by atoms with Crippen LogP contribution in [0.4, 0.5) is 0 Å². The number of thiazole rings is 1. The number of likely N-dealkylation sites (N-methyl/N-ethyl adjacent to an activating group) is 1. The highest BCUT2D eigenvalue weighted by atomic mass is 32.1. The van der Waals surface area contributed by atoms with Crippen molar-refractivity contribution in [1.29, 1.82) is 0 Å². The number of aryl methyl sites for hydroxylation is 1. The summed E-state index contributed by atoms with van der Waals surface area (Å²) in [5.41, 5.74) is 0.605. The average Bonchev–Trinajstić information content (AvgIpc) is 2.54. The molecule has 0 spiro atoms. The quantitative estimate of drug-likeness (QED) is 0.778. The fourth-order valence-corrected chi connectivity index (χ4v) is 2.11. The molecular weight excluding hydrogens is 200 g/mol. The number of carboxylic acids is 1. The number of rotatable bonds is 5. The lowest BCUT2D eigenvalue weighted by Gasteiger charge is -2.06. The summed E-state index contributed by atoms with van der Waals surface area (Å²) in [5.74, 6) is -0.888. The molecule has 78 valence electrons. The van der Waals surface area contributed by atoms with Crippen LogP contribution in [0.25, 0.3) is 0 Å². The summed E-state index contributed by atoms with van der Waals surface area (Å²) in [5, 5.41) is 14.4. The van der Waals surface area contributed by atoms with Gasteiger partial charge in [-0.2, -0.15) is 0 Å². The number of nitrogens with one attached hydrogen (secondary N) is 1. The van der Waals surface area contributed by atoms with Crippen LogP contribution in [0.15, 0.2) is 5.38 Å². The Labute approximate surface area is 87.0 Å². The normalized spacial score (nSPS) is 12.7. The molecule has 0 aromatic carbocycles. The van der Waals surface area contributed by atoms with E-state index in [9.17, 15) is 4.79 Å². The molecule has 1 unspecified atom stereocenters. The molecule has 0 bridgehead atoms. The maximum absolute atomic E-state index is 10.8. The zero-order chi connectivity index (χ0) is 10.6. The van der Waals surface area contributed by atoms with Gasteiger partial charge in [0.05, 0.1) is 10.7 Å². The fraction of sp³-hybridized carbons (Fsp3) is 0.556. The maximum atomic E-state index is 10.8. The summed E-state index contributed by atoms with van der Waals surface area (Å²) in [6.45, 7) is 2.08. The highest BCUT2D eigenvalue weighted by Crippen LogP contribution is 2.17. The van der Waals surface area contributed by atoms with E-state index in [4.69, 9.17) is 5.11 Å². The molecular formula is C9H14N2O2S. The monoisotopic (exact) mass is 214 g/mol. The SMILES string of the molecule is CCCc1nc(C(NC)C(=O)O)cs1. The van der Waals surface area contributed by atoms with Gasteiger partial charge in [-0.1, -0.05) is 6.92 Å². The second-order valence-electron chi connectivity index (χ2n) is 2.98. The van der Waals surface area contributed by atoms with Crippen molar-refractivity contribution in [3.05, 3.63) is 16.1 Å². The van der Waals surface area contributed by atoms with Gasteiger partial charge in [0.1, 0.15) is 6.04 Å². The van der Waals surface area contributed by atoms with Gasteiger partial charge in [-0.3, -0.25) is 4.79 Å². The van der Waals surface area contributed by atoms with Crippen LogP contribution in [0.5, 0.6) is 0 Å². The molecule has 5 heteroatoms. The first-order valence-electron chi connectivity index (χ1n) is 4.53. The molecule has 0 amide bonds. The molecule has 14 heavy (non-hydrogen) atoms. The van der Waals surface area contributed by atoms with Crippen molar-refractivity contribution >= 4 is 17.3 Å². The molecule has 1 atom stereocenters. The van der Waals surface area contributed by atoms with Crippen LogP contribution in [0, 0.1) is 0 Å². The Morgan fingerprint density at radius 1 is 1.79 bits per heavy atom. The minimum atomic E-state index is -0.888. The first kappa shape index (κ1) is 11.1. The zero-order valence-corrected chi connectivity index (χ0v) is 9.10. The van der Waals surface area contributed by atoms with E-state index in [0.717, 1.165) is 17.8 Å². The van der Waals surface area contributed by atoms with Crippen molar-refractivity contribution in [1.82, 2.24) is 10.3 Å². The van der Waals surface area contributed by atoms with Crippen LogP contribution >= 0.6 is 11.3 Å². The third-order valence-corrected chi connectivity index (χ3v) is 2.79.